The van der Waals surface area contributed by atoms with Crippen LogP contribution in [0, 0.1) is 11.8 Å². The highest BCUT2D eigenvalue weighted by molar-refractivity contribution is 4.96. The second-order valence-corrected chi connectivity index (χ2v) is 8.47. The lowest BCUT2D eigenvalue weighted by atomic mass is 9.71. The Morgan fingerprint density at radius 1 is 0.783 bits per heavy atom. The summed E-state index contributed by atoms with van der Waals surface area (Å²) in [4.78, 5) is 0. The van der Waals surface area contributed by atoms with Gasteiger partial charge in [0.2, 0.25) is 0 Å². The normalized spacial score (nSPS) is 46.8. The van der Waals surface area contributed by atoms with Crippen molar-refractivity contribution in [3.05, 3.63) is 0 Å². The van der Waals surface area contributed by atoms with Gasteiger partial charge >= 0.3 is 0 Å². The third-order valence-electron chi connectivity index (χ3n) is 6.26. The molecule has 1 spiro atoms. The van der Waals surface area contributed by atoms with Crippen molar-refractivity contribution in [3.63, 3.8) is 0 Å². The molecule has 0 radical (unpaired) electrons. The summed E-state index contributed by atoms with van der Waals surface area (Å²) in [7, 11) is 0. The van der Waals surface area contributed by atoms with Crippen molar-refractivity contribution in [2.75, 3.05) is 0 Å². The first-order chi connectivity index (χ1) is 11.1. The molecule has 5 atom stereocenters. The Morgan fingerprint density at radius 3 is 2.00 bits per heavy atom. The second-order valence-electron chi connectivity index (χ2n) is 8.47. The van der Waals surface area contributed by atoms with Gasteiger partial charge in [0.15, 0.2) is 5.79 Å². The number of hydrogen-bond donors (Lipinski definition) is 1. The topological polar surface area (TPSA) is 38.7 Å². The number of fused-ring (bicyclic) bond motifs is 2. The summed E-state index contributed by atoms with van der Waals surface area (Å²) in [5.74, 6) is 0.278. The Morgan fingerprint density at radius 2 is 1.35 bits per heavy atom. The van der Waals surface area contributed by atoms with Crippen LogP contribution in [-0.2, 0) is 9.47 Å². The van der Waals surface area contributed by atoms with Crippen LogP contribution in [0.5, 0.6) is 0 Å². The largest absolute Gasteiger partial charge is 0.387 e. The molecule has 3 nitrogen and oxygen atoms in total. The molecule has 3 fully saturated rings. The second kappa shape index (κ2) is 7.84. The predicted molar refractivity (Wildman–Crippen MR) is 92.2 cm³/mol. The van der Waals surface area contributed by atoms with Gasteiger partial charge in [-0.25, -0.2) is 0 Å². The maximum atomic E-state index is 11.1. The molecular weight excluding hydrogens is 288 g/mol. The van der Waals surface area contributed by atoms with E-state index in [1.54, 1.807) is 0 Å². The Balaban J connectivity index is 1.75. The molecule has 0 aromatic carbocycles. The lowest BCUT2D eigenvalue weighted by molar-refractivity contribution is -0.368. The molecule has 0 amide bonds. The third kappa shape index (κ3) is 4.29. The van der Waals surface area contributed by atoms with Crippen LogP contribution in [0.2, 0.25) is 0 Å². The summed E-state index contributed by atoms with van der Waals surface area (Å²) in [6.45, 7) is 4.26. The fourth-order valence-electron chi connectivity index (χ4n) is 5.25. The maximum Gasteiger partial charge on any atom is 0.195 e. The molecule has 2 saturated carbocycles. The van der Waals surface area contributed by atoms with Gasteiger partial charge in [-0.2, -0.15) is 0 Å². The van der Waals surface area contributed by atoms with Crippen LogP contribution >= 0.6 is 0 Å². The van der Waals surface area contributed by atoms with E-state index in [1.807, 2.05) is 0 Å². The fraction of sp³-hybridized carbons (Fsp3) is 1.00. The Kier molecular flexibility index (Phi) is 6.03. The summed E-state index contributed by atoms with van der Waals surface area (Å²) in [5, 5.41) is 11.1. The van der Waals surface area contributed by atoms with Crippen molar-refractivity contribution >= 4 is 0 Å². The van der Waals surface area contributed by atoms with Crippen LogP contribution in [0.15, 0.2) is 0 Å². The zero-order chi connectivity index (χ0) is 16.3. The Labute approximate surface area is 142 Å². The molecule has 1 heterocycles. The summed E-state index contributed by atoms with van der Waals surface area (Å²) in [6, 6.07) is 0. The van der Waals surface area contributed by atoms with Crippen molar-refractivity contribution < 1.29 is 14.6 Å². The van der Waals surface area contributed by atoms with E-state index in [9.17, 15) is 5.11 Å². The third-order valence-corrected chi connectivity index (χ3v) is 6.26. The molecule has 1 aliphatic heterocycles. The van der Waals surface area contributed by atoms with Crippen LogP contribution < -0.4 is 0 Å². The SMILES string of the molecule is C[C@@H]1C[C@@H](C)OC2(C[C@@H]3CCCCCCCCC[C@@H](C3)[C@H]2O)O1. The van der Waals surface area contributed by atoms with Gasteiger partial charge in [-0.3, -0.25) is 0 Å². The molecule has 2 bridgehead atoms. The van der Waals surface area contributed by atoms with Gasteiger partial charge in [0.25, 0.3) is 0 Å². The number of ether oxygens (including phenoxy) is 2. The molecule has 0 aromatic heterocycles. The van der Waals surface area contributed by atoms with Gasteiger partial charge < -0.3 is 14.6 Å². The van der Waals surface area contributed by atoms with Gasteiger partial charge in [0, 0.05) is 6.42 Å². The molecule has 134 valence electrons. The predicted octanol–water partition coefficient (Wildman–Crippen LogP) is 4.81. The first-order valence-electron chi connectivity index (χ1n) is 10.1. The average Bonchev–Trinajstić information content (AvgIpc) is 2.47. The van der Waals surface area contributed by atoms with Crippen LogP contribution in [-0.4, -0.2) is 29.2 Å². The zero-order valence-electron chi connectivity index (χ0n) is 15.1. The molecule has 1 saturated heterocycles. The van der Waals surface area contributed by atoms with Gasteiger partial charge in [-0.15, -0.1) is 0 Å². The molecule has 3 rings (SSSR count). The summed E-state index contributed by atoms with van der Waals surface area (Å²) >= 11 is 0. The zero-order valence-corrected chi connectivity index (χ0v) is 15.1. The summed E-state index contributed by atoms with van der Waals surface area (Å²) < 4.78 is 12.6. The Bertz CT molecular complexity index is 360. The van der Waals surface area contributed by atoms with Gasteiger partial charge in [-0.1, -0.05) is 51.4 Å². The minimum atomic E-state index is -0.727. The lowest BCUT2D eigenvalue weighted by Gasteiger charge is -2.52. The highest BCUT2D eigenvalue weighted by Crippen LogP contribution is 2.47. The molecule has 3 heteroatoms. The number of aliphatic hydroxyl groups excluding tert-OH is 1. The van der Waals surface area contributed by atoms with E-state index in [-0.39, 0.29) is 12.2 Å². The Hall–Kier alpha value is -0.120. The van der Waals surface area contributed by atoms with Gasteiger partial charge in [0.1, 0.15) is 6.10 Å². The van der Waals surface area contributed by atoms with Gasteiger partial charge in [-0.05, 0) is 44.9 Å². The summed E-state index contributed by atoms with van der Waals surface area (Å²) in [6.07, 6.45) is 14.7. The van der Waals surface area contributed by atoms with Crippen LogP contribution in [0.3, 0.4) is 0 Å². The molecule has 0 aromatic rings. The minimum Gasteiger partial charge on any atom is -0.387 e. The standard InChI is InChI=1S/C20H36O3/c1-15-12-16(2)23-20(22-15)14-17-10-8-6-4-3-5-7-9-11-18(13-17)19(20)21/h15-19,21H,3-14H2,1-2H3/t15-,16-,17-,18+,19-/m1/s1. The van der Waals surface area contributed by atoms with E-state index in [2.05, 4.69) is 13.8 Å². The lowest BCUT2D eigenvalue weighted by Crippen LogP contribution is -2.60. The number of aliphatic hydroxyl groups is 1. The minimum absolute atomic E-state index is 0.187. The summed E-state index contributed by atoms with van der Waals surface area (Å²) in [5.41, 5.74) is 0. The van der Waals surface area contributed by atoms with Crippen LogP contribution in [0.4, 0.5) is 0 Å². The quantitative estimate of drug-likeness (QED) is 0.695. The van der Waals surface area contributed by atoms with E-state index < -0.39 is 11.9 Å². The molecular formula is C20H36O3. The average molecular weight is 325 g/mol. The van der Waals surface area contributed by atoms with E-state index in [0.717, 1.165) is 19.3 Å². The molecule has 3 aliphatic rings. The van der Waals surface area contributed by atoms with Crippen LogP contribution in [0.1, 0.15) is 90.9 Å². The monoisotopic (exact) mass is 324 g/mol. The van der Waals surface area contributed by atoms with Crippen molar-refractivity contribution in [2.45, 2.75) is 115 Å². The van der Waals surface area contributed by atoms with Crippen molar-refractivity contribution in [3.8, 4) is 0 Å². The maximum absolute atomic E-state index is 11.1. The molecule has 2 aliphatic carbocycles. The molecule has 1 N–H and O–H groups in total. The smallest absolute Gasteiger partial charge is 0.195 e. The van der Waals surface area contributed by atoms with E-state index >= 15 is 0 Å². The van der Waals surface area contributed by atoms with E-state index in [0.29, 0.717) is 11.8 Å². The molecule has 0 unspecified atom stereocenters. The van der Waals surface area contributed by atoms with Crippen molar-refractivity contribution in [2.24, 2.45) is 11.8 Å². The first kappa shape index (κ1) is 17.7. The first-order valence-corrected chi connectivity index (χ1v) is 10.1. The van der Waals surface area contributed by atoms with E-state index in [4.69, 9.17) is 9.47 Å². The van der Waals surface area contributed by atoms with Gasteiger partial charge in [0.05, 0.1) is 12.2 Å². The van der Waals surface area contributed by atoms with Crippen molar-refractivity contribution in [1.29, 1.82) is 0 Å². The highest BCUT2D eigenvalue weighted by Gasteiger charge is 2.53. The fourth-order valence-corrected chi connectivity index (χ4v) is 5.25. The van der Waals surface area contributed by atoms with Crippen molar-refractivity contribution in [1.82, 2.24) is 0 Å². The van der Waals surface area contributed by atoms with E-state index in [1.165, 1.54) is 57.8 Å². The highest BCUT2D eigenvalue weighted by atomic mass is 16.7. The van der Waals surface area contributed by atoms with Crippen LogP contribution in [0.25, 0.3) is 0 Å². The number of hydrogen-bond acceptors (Lipinski definition) is 3. The number of rotatable bonds is 0. The molecule has 23 heavy (non-hydrogen) atoms.